The lowest BCUT2D eigenvalue weighted by atomic mass is 9.91. The molecule has 1 atom stereocenters. The third-order valence-electron chi connectivity index (χ3n) is 6.30. The Hall–Kier alpha value is -3.93. The molecule has 166 valence electrons. The zero-order chi connectivity index (χ0) is 23.2. The lowest BCUT2D eigenvalue weighted by Crippen LogP contribution is -2.03. The van der Waals surface area contributed by atoms with Crippen LogP contribution in [0.1, 0.15) is 17.2 Å². The third kappa shape index (κ3) is 3.29. The zero-order valence-corrected chi connectivity index (χ0v) is 19.2. The molecule has 1 unspecified atom stereocenters. The summed E-state index contributed by atoms with van der Waals surface area (Å²) in [6, 6.07) is 23.7. The molecule has 6 aromatic rings. The summed E-state index contributed by atoms with van der Waals surface area (Å²) in [7, 11) is 1.99. The van der Waals surface area contributed by atoms with E-state index >= 15 is 0 Å². The van der Waals surface area contributed by atoms with Gasteiger partial charge in [0.25, 0.3) is 0 Å². The summed E-state index contributed by atoms with van der Waals surface area (Å²) in [4.78, 5) is 9.10. The van der Waals surface area contributed by atoms with Crippen LogP contribution in [0.4, 0.5) is 0 Å². The van der Waals surface area contributed by atoms with Crippen LogP contribution in [0.2, 0.25) is 5.02 Å². The van der Waals surface area contributed by atoms with E-state index in [0.29, 0.717) is 5.02 Å². The van der Waals surface area contributed by atoms with E-state index in [0.717, 1.165) is 50.1 Å². The van der Waals surface area contributed by atoms with Gasteiger partial charge in [-0.25, -0.2) is 9.97 Å². The van der Waals surface area contributed by atoms with Crippen LogP contribution >= 0.6 is 11.6 Å². The Labute approximate surface area is 201 Å². The molecular weight excluding hydrogens is 444 g/mol. The largest absolute Gasteiger partial charge is 0.384 e. The van der Waals surface area contributed by atoms with Crippen molar-refractivity contribution in [3.63, 3.8) is 0 Å². The van der Waals surface area contributed by atoms with E-state index in [2.05, 4.69) is 33.7 Å². The van der Waals surface area contributed by atoms with E-state index < -0.39 is 6.10 Å². The summed E-state index contributed by atoms with van der Waals surface area (Å²) >= 11 is 6.06. The molecule has 0 fully saturated rings. The quantitative estimate of drug-likeness (QED) is 0.333. The van der Waals surface area contributed by atoms with E-state index in [-0.39, 0.29) is 0 Å². The molecule has 6 rings (SSSR count). The first-order valence-corrected chi connectivity index (χ1v) is 11.4. The Morgan fingerprint density at radius 1 is 0.912 bits per heavy atom. The average Bonchev–Trinajstić information content (AvgIpc) is 3.53. The number of aryl methyl sites for hydroxylation is 1. The first-order valence-electron chi connectivity index (χ1n) is 11.0. The van der Waals surface area contributed by atoms with Gasteiger partial charge >= 0.3 is 0 Å². The number of benzene rings is 3. The molecule has 34 heavy (non-hydrogen) atoms. The molecule has 0 aliphatic carbocycles. The van der Waals surface area contributed by atoms with Crippen molar-refractivity contribution in [2.75, 3.05) is 0 Å². The standard InChI is InChI=1S/C28H21ClN4O/c1-32-17-30-16-24(32)26-25(18-5-3-2-4-6-18)22-15-20(27(34)19-7-10-21(29)11-8-19)9-12-23(22)33-14-13-31-28(26)33/h2-17,27,34H,1H3. The summed E-state index contributed by atoms with van der Waals surface area (Å²) in [6.07, 6.45) is 6.69. The number of pyridine rings is 1. The van der Waals surface area contributed by atoms with Gasteiger partial charge in [-0.05, 0) is 41.0 Å². The Balaban J connectivity index is 1.70. The molecule has 6 heteroatoms. The van der Waals surface area contributed by atoms with Crippen LogP contribution in [0.3, 0.4) is 0 Å². The first-order chi connectivity index (χ1) is 16.6. The van der Waals surface area contributed by atoms with Crippen molar-refractivity contribution in [3.05, 3.63) is 114 Å². The number of fused-ring (bicyclic) bond motifs is 3. The van der Waals surface area contributed by atoms with Crippen molar-refractivity contribution < 1.29 is 5.11 Å². The van der Waals surface area contributed by atoms with E-state index in [9.17, 15) is 5.11 Å². The SMILES string of the molecule is Cn1cncc1-c1c(-c2ccccc2)c2cc(C(O)c3ccc(Cl)cc3)ccc2n2ccnc12. The Bertz CT molecular complexity index is 1630. The van der Waals surface area contributed by atoms with Gasteiger partial charge in [-0.15, -0.1) is 0 Å². The number of aliphatic hydroxyl groups is 1. The molecule has 3 heterocycles. The molecule has 0 radical (unpaired) electrons. The van der Waals surface area contributed by atoms with Crippen molar-refractivity contribution in [2.24, 2.45) is 7.05 Å². The topological polar surface area (TPSA) is 55.3 Å². The van der Waals surface area contributed by atoms with Gasteiger partial charge in [0, 0.05) is 35.4 Å². The normalized spacial score (nSPS) is 12.4. The van der Waals surface area contributed by atoms with Gasteiger partial charge in [0.05, 0.1) is 29.3 Å². The molecule has 0 bridgehead atoms. The Morgan fingerprint density at radius 3 is 2.41 bits per heavy atom. The number of aromatic nitrogens is 4. The van der Waals surface area contributed by atoms with Crippen LogP contribution in [0.5, 0.6) is 0 Å². The van der Waals surface area contributed by atoms with Crippen molar-refractivity contribution in [1.82, 2.24) is 18.9 Å². The van der Waals surface area contributed by atoms with Crippen molar-refractivity contribution in [1.29, 1.82) is 0 Å². The number of hydrogen-bond donors (Lipinski definition) is 1. The minimum Gasteiger partial charge on any atom is -0.384 e. The molecule has 0 spiro atoms. The highest BCUT2D eigenvalue weighted by atomic mass is 35.5. The fourth-order valence-electron chi connectivity index (χ4n) is 4.65. The summed E-state index contributed by atoms with van der Waals surface area (Å²) in [6.45, 7) is 0. The lowest BCUT2D eigenvalue weighted by molar-refractivity contribution is 0.220. The van der Waals surface area contributed by atoms with E-state index in [1.807, 2.05) is 66.6 Å². The number of nitrogens with zero attached hydrogens (tertiary/aromatic N) is 4. The van der Waals surface area contributed by atoms with Gasteiger partial charge in [-0.3, -0.25) is 4.40 Å². The van der Waals surface area contributed by atoms with Gasteiger partial charge in [-0.2, -0.15) is 0 Å². The molecule has 3 aromatic carbocycles. The van der Waals surface area contributed by atoms with Crippen molar-refractivity contribution in [3.8, 4) is 22.4 Å². The zero-order valence-electron chi connectivity index (χ0n) is 18.4. The second kappa shape index (κ2) is 8.13. The van der Waals surface area contributed by atoms with Crippen LogP contribution in [-0.4, -0.2) is 24.0 Å². The second-order valence-electron chi connectivity index (χ2n) is 8.36. The van der Waals surface area contributed by atoms with Crippen LogP contribution in [-0.2, 0) is 7.05 Å². The van der Waals surface area contributed by atoms with Gasteiger partial charge in [0.1, 0.15) is 11.8 Å². The maximum atomic E-state index is 11.2. The number of imidazole rings is 2. The molecule has 0 amide bonds. The molecule has 1 N–H and O–H groups in total. The molecule has 0 aliphatic rings. The third-order valence-corrected chi connectivity index (χ3v) is 6.55. The summed E-state index contributed by atoms with van der Waals surface area (Å²) in [5.74, 6) is 0. The van der Waals surface area contributed by atoms with Crippen LogP contribution in [0, 0.1) is 0 Å². The number of rotatable bonds is 4. The van der Waals surface area contributed by atoms with Crippen molar-refractivity contribution in [2.45, 2.75) is 6.10 Å². The van der Waals surface area contributed by atoms with E-state index in [1.165, 1.54) is 0 Å². The van der Waals surface area contributed by atoms with Gasteiger partial charge < -0.3 is 9.67 Å². The molecular formula is C28H21ClN4O. The second-order valence-corrected chi connectivity index (χ2v) is 8.79. The Kier molecular flexibility index (Phi) is 4.94. The average molecular weight is 465 g/mol. The van der Waals surface area contributed by atoms with Crippen molar-refractivity contribution >= 4 is 28.2 Å². The Morgan fingerprint density at radius 2 is 1.68 bits per heavy atom. The monoisotopic (exact) mass is 464 g/mol. The lowest BCUT2D eigenvalue weighted by Gasteiger charge is -2.19. The minimum absolute atomic E-state index is 0.643. The molecule has 3 aromatic heterocycles. The summed E-state index contributed by atoms with van der Waals surface area (Å²) in [5.41, 5.74) is 7.59. The molecule has 5 nitrogen and oxygen atoms in total. The van der Waals surface area contributed by atoms with E-state index in [4.69, 9.17) is 16.6 Å². The highest BCUT2D eigenvalue weighted by Gasteiger charge is 2.22. The predicted molar refractivity (Wildman–Crippen MR) is 136 cm³/mol. The van der Waals surface area contributed by atoms with Gasteiger partial charge in [0.2, 0.25) is 0 Å². The predicted octanol–water partition coefficient (Wildman–Crippen LogP) is 6.29. The van der Waals surface area contributed by atoms with Crippen LogP contribution < -0.4 is 0 Å². The van der Waals surface area contributed by atoms with Crippen LogP contribution in [0.15, 0.2) is 97.7 Å². The highest BCUT2D eigenvalue weighted by molar-refractivity contribution is 6.30. The van der Waals surface area contributed by atoms with Gasteiger partial charge in [-0.1, -0.05) is 60.1 Å². The number of hydrogen-bond acceptors (Lipinski definition) is 3. The fourth-order valence-corrected chi connectivity index (χ4v) is 4.77. The fraction of sp³-hybridized carbons (Fsp3) is 0.0714. The number of halogens is 1. The first kappa shape index (κ1) is 20.7. The summed E-state index contributed by atoms with van der Waals surface area (Å²) in [5, 5.41) is 12.9. The smallest absolute Gasteiger partial charge is 0.147 e. The molecule has 0 aliphatic heterocycles. The maximum absolute atomic E-state index is 11.2. The minimum atomic E-state index is -0.774. The summed E-state index contributed by atoms with van der Waals surface area (Å²) < 4.78 is 4.11. The number of aliphatic hydroxyl groups excluding tert-OH is 1. The van der Waals surface area contributed by atoms with Crippen LogP contribution in [0.25, 0.3) is 38.9 Å². The molecule has 0 saturated carbocycles. The maximum Gasteiger partial charge on any atom is 0.147 e. The van der Waals surface area contributed by atoms with Gasteiger partial charge in [0.15, 0.2) is 0 Å². The molecule has 0 saturated heterocycles. The van der Waals surface area contributed by atoms with E-state index in [1.54, 1.807) is 18.5 Å². The highest BCUT2D eigenvalue weighted by Crippen LogP contribution is 2.41.